The Morgan fingerprint density at radius 2 is 2.11 bits per heavy atom. The van der Waals surface area contributed by atoms with E-state index in [4.69, 9.17) is 4.74 Å². The summed E-state index contributed by atoms with van der Waals surface area (Å²) in [5.74, 6) is 0.423. The lowest BCUT2D eigenvalue weighted by Crippen LogP contribution is -2.63. The van der Waals surface area contributed by atoms with Gasteiger partial charge in [-0.15, -0.1) is 0 Å². The molecule has 1 N–H and O–H groups in total. The largest absolute Gasteiger partial charge is 0.382 e. The predicted molar refractivity (Wildman–Crippen MR) is 66.9 cm³/mol. The van der Waals surface area contributed by atoms with Crippen molar-refractivity contribution in [3.63, 3.8) is 0 Å². The zero-order valence-electron chi connectivity index (χ0n) is 11.1. The number of ether oxygens (including phenoxy) is 1. The van der Waals surface area contributed by atoms with Gasteiger partial charge in [-0.1, -0.05) is 0 Å². The first-order valence-corrected chi connectivity index (χ1v) is 6.83. The van der Waals surface area contributed by atoms with Crippen molar-refractivity contribution in [1.29, 1.82) is 0 Å². The second-order valence-corrected chi connectivity index (χ2v) is 5.08. The van der Waals surface area contributed by atoms with Gasteiger partial charge in [-0.25, -0.2) is 0 Å². The average Bonchev–Trinajstić information content (AvgIpc) is 3.17. The lowest BCUT2D eigenvalue weighted by molar-refractivity contribution is -0.149. The predicted octanol–water partition coefficient (Wildman–Crippen LogP) is 0.539. The molecule has 18 heavy (non-hydrogen) atoms. The molecular formula is C13H22N2O3. The van der Waals surface area contributed by atoms with E-state index >= 15 is 0 Å². The summed E-state index contributed by atoms with van der Waals surface area (Å²) in [6.45, 7) is 5.68. The quantitative estimate of drug-likeness (QED) is 0.704. The summed E-state index contributed by atoms with van der Waals surface area (Å²) in [6, 6.07) is -0.630. The van der Waals surface area contributed by atoms with Gasteiger partial charge < -0.3 is 15.0 Å². The van der Waals surface area contributed by atoms with Gasteiger partial charge in [0.2, 0.25) is 11.8 Å². The van der Waals surface area contributed by atoms with Crippen LogP contribution in [0.15, 0.2) is 0 Å². The number of carbonyl (C=O) groups is 2. The summed E-state index contributed by atoms with van der Waals surface area (Å²) >= 11 is 0. The molecule has 2 fully saturated rings. The van der Waals surface area contributed by atoms with Crippen LogP contribution in [0, 0.1) is 5.92 Å². The van der Waals surface area contributed by atoms with Crippen molar-refractivity contribution in [1.82, 2.24) is 10.2 Å². The molecule has 2 rings (SSSR count). The second-order valence-electron chi connectivity index (χ2n) is 5.08. The zero-order chi connectivity index (χ0) is 13.1. The van der Waals surface area contributed by atoms with Crippen LogP contribution >= 0.6 is 0 Å². The SMILES string of the molecule is CCOCCCN1C(=O)C(C2CC2)NC(=O)C1C. The average molecular weight is 254 g/mol. The van der Waals surface area contributed by atoms with Crippen molar-refractivity contribution in [2.24, 2.45) is 5.92 Å². The maximum absolute atomic E-state index is 12.3. The van der Waals surface area contributed by atoms with Crippen LogP contribution in [0.4, 0.5) is 0 Å². The fourth-order valence-corrected chi connectivity index (χ4v) is 2.38. The van der Waals surface area contributed by atoms with E-state index in [1.165, 1.54) is 0 Å². The lowest BCUT2D eigenvalue weighted by atomic mass is 10.0. The molecule has 102 valence electrons. The van der Waals surface area contributed by atoms with Crippen molar-refractivity contribution < 1.29 is 14.3 Å². The third-order valence-electron chi connectivity index (χ3n) is 3.68. The van der Waals surface area contributed by atoms with Gasteiger partial charge in [0.15, 0.2) is 0 Å². The lowest BCUT2D eigenvalue weighted by Gasteiger charge is -2.37. The molecule has 5 heteroatoms. The summed E-state index contributed by atoms with van der Waals surface area (Å²) < 4.78 is 5.27. The molecule has 2 amide bonds. The highest BCUT2D eigenvalue weighted by Crippen LogP contribution is 2.35. The fourth-order valence-electron chi connectivity index (χ4n) is 2.38. The van der Waals surface area contributed by atoms with E-state index in [9.17, 15) is 9.59 Å². The molecular weight excluding hydrogens is 232 g/mol. The summed E-state index contributed by atoms with van der Waals surface area (Å²) in [5.41, 5.74) is 0. The standard InChI is InChI=1S/C13H22N2O3/c1-3-18-8-4-7-15-9(2)12(16)14-11(13(15)17)10-5-6-10/h9-11H,3-8H2,1-2H3,(H,14,16). The highest BCUT2D eigenvalue weighted by Gasteiger charge is 2.45. The summed E-state index contributed by atoms with van der Waals surface area (Å²) in [6.07, 6.45) is 2.89. The molecule has 2 atom stereocenters. The van der Waals surface area contributed by atoms with Gasteiger partial charge in [-0.2, -0.15) is 0 Å². The van der Waals surface area contributed by atoms with Crippen molar-refractivity contribution in [3.8, 4) is 0 Å². The Morgan fingerprint density at radius 3 is 2.72 bits per heavy atom. The fraction of sp³-hybridized carbons (Fsp3) is 0.846. The molecule has 1 aliphatic heterocycles. The molecule has 1 aliphatic carbocycles. The van der Waals surface area contributed by atoms with Crippen LogP contribution in [0.1, 0.15) is 33.1 Å². The molecule has 0 aromatic heterocycles. The molecule has 5 nitrogen and oxygen atoms in total. The normalized spacial score (nSPS) is 28.4. The van der Waals surface area contributed by atoms with E-state index in [1.807, 2.05) is 6.92 Å². The minimum atomic E-state index is -0.353. The minimum absolute atomic E-state index is 0.0251. The van der Waals surface area contributed by atoms with Crippen LogP contribution < -0.4 is 5.32 Å². The van der Waals surface area contributed by atoms with E-state index in [2.05, 4.69) is 5.32 Å². The summed E-state index contributed by atoms with van der Waals surface area (Å²) in [7, 11) is 0. The second kappa shape index (κ2) is 5.69. The van der Waals surface area contributed by atoms with E-state index in [-0.39, 0.29) is 23.9 Å². The topological polar surface area (TPSA) is 58.6 Å². The Balaban J connectivity index is 1.91. The first-order valence-electron chi connectivity index (χ1n) is 6.83. The third kappa shape index (κ3) is 2.83. The third-order valence-corrected chi connectivity index (χ3v) is 3.68. The van der Waals surface area contributed by atoms with Gasteiger partial charge in [-0.3, -0.25) is 9.59 Å². The Hall–Kier alpha value is -1.10. The van der Waals surface area contributed by atoms with Crippen LogP contribution in [0.2, 0.25) is 0 Å². The Kier molecular flexibility index (Phi) is 4.22. The van der Waals surface area contributed by atoms with E-state index in [0.29, 0.717) is 25.7 Å². The van der Waals surface area contributed by atoms with Crippen LogP contribution in [0.25, 0.3) is 0 Å². The van der Waals surface area contributed by atoms with Crippen molar-refractivity contribution in [2.75, 3.05) is 19.8 Å². The Bertz CT molecular complexity index is 328. The number of hydrogen-bond acceptors (Lipinski definition) is 3. The van der Waals surface area contributed by atoms with Gasteiger partial charge in [-0.05, 0) is 39.0 Å². The zero-order valence-corrected chi connectivity index (χ0v) is 11.1. The van der Waals surface area contributed by atoms with Crippen LogP contribution in [-0.4, -0.2) is 48.6 Å². The van der Waals surface area contributed by atoms with Crippen molar-refractivity contribution >= 4 is 11.8 Å². The van der Waals surface area contributed by atoms with Gasteiger partial charge >= 0.3 is 0 Å². The van der Waals surface area contributed by atoms with E-state index < -0.39 is 0 Å². The van der Waals surface area contributed by atoms with Gasteiger partial charge in [0.25, 0.3) is 0 Å². The van der Waals surface area contributed by atoms with E-state index in [1.54, 1.807) is 11.8 Å². The van der Waals surface area contributed by atoms with Gasteiger partial charge in [0, 0.05) is 19.8 Å². The van der Waals surface area contributed by atoms with Crippen molar-refractivity contribution in [2.45, 2.75) is 45.2 Å². The molecule has 1 heterocycles. The highest BCUT2D eigenvalue weighted by atomic mass is 16.5. The number of amides is 2. The Labute approximate surface area is 108 Å². The molecule has 2 unspecified atom stereocenters. The van der Waals surface area contributed by atoms with Gasteiger partial charge in [0.05, 0.1) is 0 Å². The molecule has 0 bridgehead atoms. The number of rotatable bonds is 6. The molecule has 1 saturated carbocycles. The smallest absolute Gasteiger partial charge is 0.246 e. The first kappa shape index (κ1) is 13.3. The minimum Gasteiger partial charge on any atom is -0.382 e. The van der Waals surface area contributed by atoms with Crippen molar-refractivity contribution in [3.05, 3.63) is 0 Å². The molecule has 2 aliphatic rings. The van der Waals surface area contributed by atoms with Crippen LogP contribution in [0.5, 0.6) is 0 Å². The molecule has 0 aromatic rings. The first-order chi connectivity index (χ1) is 8.65. The Morgan fingerprint density at radius 1 is 1.39 bits per heavy atom. The number of nitrogens with one attached hydrogen (secondary N) is 1. The summed E-state index contributed by atoms with van der Waals surface area (Å²) in [5, 5.41) is 2.85. The maximum Gasteiger partial charge on any atom is 0.246 e. The number of nitrogens with zero attached hydrogens (tertiary/aromatic N) is 1. The molecule has 1 saturated heterocycles. The number of piperazine rings is 1. The highest BCUT2D eigenvalue weighted by molar-refractivity contribution is 5.97. The molecule has 0 aromatic carbocycles. The summed E-state index contributed by atoms with van der Waals surface area (Å²) in [4.78, 5) is 25.9. The molecule has 0 spiro atoms. The monoisotopic (exact) mass is 254 g/mol. The maximum atomic E-state index is 12.3. The molecule has 0 radical (unpaired) electrons. The number of hydrogen-bond donors (Lipinski definition) is 1. The van der Waals surface area contributed by atoms with Crippen LogP contribution in [0.3, 0.4) is 0 Å². The van der Waals surface area contributed by atoms with Gasteiger partial charge in [0.1, 0.15) is 12.1 Å². The number of carbonyl (C=O) groups excluding carboxylic acids is 2. The van der Waals surface area contributed by atoms with Crippen LogP contribution in [-0.2, 0) is 14.3 Å². The van der Waals surface area contributed by atoms with E-state index in [0.717, 1.165) is 19.3 Å².